The van der Waals surface area contributed by atoms with E-state index in [1.807, 2.05) is 0 Å². The predicted octanol–water partition coefficient (Wildman–Crippen LogP) is -1.19. The molecule has 1 aliphatic heterocycles. The van der Waals surface area contributed by atoms with Crippen molar-refractivity contribution in [3.8, 4) is 0 Å². The number of rotatable bonds is 4. The van der Waals surface area contributed by atoms with Crippen molar-refractivity contribution in [3.05, 3.63) is 22.2 Å². The van der Waals surface area contributed by atoms with E-state index in [1.165, 1.54) is 4.57 Å². The Morgan fingerprint density at radius 3 is 2.94 bits per heavy atom. The monoisotopic (exact) mass is 225 g/mol. The van der Waals surface area contributed by atoms with Crippen LogP contribution in [-0.4, -0.2) is 39.5 Å². The molecular weight excluding hydrogens is 210 g/mol. The largest absolute Gasteiger partial charge is 0.396 e. The van der Waals surface area contributed by atoms with Gasteiger partial charge in [0.15, 0.2) is 0 Å². The van der Waals surface area contributed by atoms with E-state index in [2.05, 4.69) is 10.3 Å². The summed E-state index contributed by atoms with van der Waals surface area (Å²) in [4.78, 5) is 15.5. The summed E-state index contributed by atoms with van der Waals surface area (Å²) in [5.41, 5.74) is 0.661. The smallest absolute Gasteiger partial charge is 0.349 e. The van der Waals surface area contributed by atoms with Gasteiger partial charge < -0.3 is 15.5 Å². The zero-order chi connectivity index (χ0) is 11.5. The Balaban J connectivity index is 2.24. The molecule has 6 nitrogen and oxygen atoms in total. The van der Waals surface area contributed by atoms with Crippen LogP contribution in [0.2, 0.25) is 0 Å². The lowest BCUT2D eigenvalue weighted by Crippen LogP contribution is -2.29. The van der Waals surface area contributed by atoms with E-state index in [0.29, 0.717) is 12.4 Å². The van der Waals surface area contributed by atoms with Crippen molar-refractivity contribution in [1.29, 1.82) is 0 Å². The normalized spacial score (nSPS) is 13.9. The van der Waals surface area contributed by atoms with Gasteiger partial charge in [0.1, 0.15) is 5.82 Å². The average Bonchev–Trinajstić information content (AvgIpc) is 2.72. The van der Waals surface area contributed by atoms with E-state index in [9.17, 15) is 4.79 Å². The van der Waals surface area contributed by atoms with Crippen molar-refractivity contribution in [3.63, 3.8) is 0 Å². The number of nitrogens with one attached hydrogen (secondary N) is 1. The molecule has 2 rings (SSSR count). The molecule has 3 N–H and O–H groups in total. The highest BCUT2D eigenvalue weighted by Crippen LogP contribution is 2.16. The van der Waals surface area contributed by atoms with Crippen molar-refractivity contribution in [2.24, 2.45) is 5.92 Å². The summed E-state index contributed by atoms with van der Waals surface area (Å²) in [6.07, 6.45) is 2.61. The second-order valence-electron chi connectivity index (χ2n) is 3.96. The van der Waals surface area contributed by atoms with Crippen LogP contribution in [0.5, 0.6) is 0 Å². The molecule has 0 radical (unpaired) electrons. The van der Waals surface area contributed by atoms with E-state index in [1.54, 1.807) is 6.20 Å². The number of aliphatic hydroxyl groups excluding tert-OH is 2. The van der Waals surface area contributed by atoms with Crippen molar-refractivity contribution >= 4 is 5.82 Å². The Kier molecular flexibility index (Phi) is 3.21. The highest BCUT2D eigenvalue weighted by atomic mass is 16.3. The maximum atomic E-state index is 11.6. The van der Waals surface area contributed by atoms with Crippen LogP contribution >= 0.6 is 0 Å². The molecular formula is C10H15N3O3. The van der Waals surface area contributed by atoms with Gasteiger partial charge in [-0.1, -0.05) is 0 Å². The van der Waals surface area contributed by atoms with Crippen LogP contribution < -0.4 is 11.0 Å². The summed E-state index contributed by atoms with van der Waals surface area (Å²) in [7, 11) is 0. The maximum Gasteiger partial charge on any atom is 0.349 e. The topological polar surface area (TPSA) is 87.4 Å². The standard InChI is InChI=1S/C10H15N3O3/c14-5-7(6-15)3-13-4-8-1-2-11-9(8)12-10(13)16/h4,7,14-15H,1-3,5-6H2,(H,11,12,16). The summed E-state index contributed by atoms with van der Waals surface area (Å²) in [5.74, 6) is 0.345. The fourth-order valence-corrected chi connectivity index (χ4v) is 1.77. The number of anilines is 1. The Morgan fingerprint density at radius 2 is 2.25 bits per heavy atom. The molecule has 0 bridgehead atoms. The average molecular weight is 225 g/mol. The number of aromatic nitrogens is 2. The molecule has 1 aromatic rings. The van der Waals surface area contributed by atoms with Crippen LogP contribution in [0.15, 0.2) is 11.0 Å². The predicted molar refractivity (Wildman–Crippen MR) is 58.4 cm³/mol. The molecule has 88 valence electrons. The minimum Gasteiger partial charge on any atom is -0.396 e. The Morgan fingerprint density at radius 1 is 1.50 bits per heavy atom. The zero-order valence-electron chi connectivity index (χ0n) is 8.89. The first-order chi connectivity index (χ1) is 7.74. The minimum atomic E-state index is -0.347. The first kappa shape index (κ1) is 11.1. The molecule has 0 aliphatic carbocycles. The number of hydrogen-bond donors (Lipinski definition) is 3. The van der Waals surface area contributed by atoms with Gasteiger partial charge in [-0.2, -0.15) is 4.98 Å². The number of hydrogen-bond acceptors (Lipinski definition) is 5. The van der Waals surface area contributed by atoms with Crippen LogP contribution in [0, 0.1) is 5.92 Å². The number of nitrogens with zero attached hydrogens (tertiary/aromatic N) is 2. The van der Waals surface area contributed by atoms with Gasteiger partial charge >= 0.3 is 5.69 Å². The van der Waals surface area contributed by atoms with Gasteiger partial charge in [0.2, 0.25) is 0 Å². The fourth-order valence-electron chi connectivity index (χ4n) is 1.77. The Bertz CT molecular complexity index is 426. The van der Waals surface area contributed by atoms with Crippen molar-refractivity contribution in [2.45, 2.75) is 13.0 Å². The third-order valence-corrected chi connectivity index (χ3v) is 2.73. The summed E-state index contributed by atoms with van der Waals surface area (Å²) in [6, 6.07) is 0. The first-order valence-corrected chi connectivity index (χ1v) is 5.30. The molecule has 1 aromatic heterocycles. The molecule has 0 aromatic carbocycles. The van der Waals surface area contributed by atoms with Gasteiger partial charge in [-0.05, 0) is 6.42 Å². The molecule has 0 spiro atoms. The van der Waals surface area contributed by atoms with Crippen LogP contribution in [0.3, 0.4) is 0 Å². The van der Waals surface area contributed by atoms with Gasteiger partial charge in [-0.15, -0.1) is 0 Å². The zero-order valence-corrected chi connectivity index (χ0v) is 8.89. The number of fused-ring (bicyclic) bond motifs is 1. The van der Waals surface area contributed by atoms with E-state index in [0.717, 1.165) is 18.5 Å². The van der Waals surface area contributed by atoms with E-state index in [-0.39, 0.29) is 24.8 Å². The molecule has 0 saturated heterocycles. The van der Waals surface area contributed by atoms with Gasteiger partial charge in [0, 0.05) is 44.0 Å². The third-order valence-electron chi connectivity index (χ3n) is 2.73. The highest BCUT2D eigenvalue weighted by molar-refractivity contribution is 5.47. The SMILES string of the molecule is O=c1nc2c(cn1CC(CO)CO)CCN2. The van der Waals surface area contributed by atoms with Crippen LogP contribution in [0.25, 0.3) is 0 Å². The van der Waals surface area contributed by atoms with Gasteiger partial charge in [0.05, 0.1) is 0 Å². The molecule has 0 unspecified atom stereocenters. The maximum absolute atomic E-state index is 11.6. The summed E-state index contributed by atoms with van der Waals surface area (Å²) < 4.78 is 1.45. The summed E-state index contributed by atoms with van der Waals surface area (Å²) >= 11 is 0. The molecule has 16 heavy (non-hydrogen) atoms. The van der Waals surface area contributed by atoms with Gasteiger partial charge in [-0.25, -0.2) is 4.79 Å². The lowest BCUT2D eigenvalue weighted by Gasteiger charge is -2.13. The van der Waals surface area contributed by atoms with Crippen molar-refractivity contribution < 1.29 is 10.2 Å². The lowest BCUT2D eigenvalue weighted by molar-refractivity contribution is 0.136. The Hall–Kier alpha value is -1.40. The van der Waals surface area contributed by atoms with Crippen LogP contribution in [0.4, 0.5) is 5.82 Å². The summed E-state index contributed by atoms with van der Waals surface area (Å²) in [6.45, 7) is 0.817. The molecule has 0 saturated carbocycles. The molecule has 1 aliphatic rings. The minimum absolute atomic E-state index is 0.141. The van der Waals surface area contributed by atoms with Gasteiger partial charge in [0.25, 0.3) is 0 Å². The molecule has 0 atom stereocenters. The molecule has 2 heterocycles. The van der Waals surface area contributed by atoms with E-state index >= 15 is 0 Å². The summed E-state index contributed by atoms with van der Waals surface area (Å²) in [5, 5.41) is 21.0. The molecule has 0 fully saturated rings. The Labute approximate surface area is 92.6 Å². The fraction of sp³-hybridized carbons (Fsp3) is 0.600. The third kappa shape index (κ3) is 2.07. The van der Waals surface area contributed by atoms with Gasteiger partial charge in [-0.3, -0.25) is 4.57 Å². The van der Waals surface area contributed by atoms with E-state index in [4.69, 9.17) is 10.2 Å². The highest BCUT2D eigenvalue weighted by Gasteiger charge is 2.15. The quantitative estimate of drug-likeness (QED) is 0.600. The lowest BCUT2D eigenvalue weighted by atomic mass is 10.2. The molecule has 6 heteroatoms. The van der Waals surface area contributed by atoms with Crippen molar-refractivity contribution in [2.75, 3.05) is 25.1 Å². The van der Waals surface area contributed by atoms with Crippen molar-refractivity contribution in [1.82, 2.24) is 9.55 Å². The second kappa shape index (κ2) is 4.63. The number of aliphatic hydroxyl groups is 2. The van der Waals surface area contributed by atoms with Crippen LogP contribution in [0.1, 0.15) is 5.56 Å². The molecule has 0 amide bonds. The van der Waals surface area contributed by atoms with E-state index < -0.39 is 0 Å². The second-order valence-corrected chi connectivity index (χ2v) is 3.96. The first-order valence-electron chi connectivity index (χ1n) is 5.30. The van der Waals surface area contributed by atoms with Crippen LogP contribution in [-0.2, 0) is 13.0 Å².